The summed E-state index contributed by atoms with van der Waals surface area (Å²) in [5, 5.41) is 5.64. The van der Waals surface area contributed by atoms with Gasteiger partial charge in [0.05, 0.1) is 10.6 Å². The minimum Gasteiger partial charge on any atom is -0.324 e. The number of rotatable bonds is 8. The molecule has 2 amide bonds. The molecule has 0 heterocycles. The maximum absolute atomic E-state index is 13.7. The number of carbonyl (C=O) groups is 2. The highest BCUT2D eigenvalue weighted by Crippen LogP contribution is 2.28. The predicted octanol–water partition coefficient (Wildman–Crippen LogP) is 6.69. The third-order valence-corrected chi connectivity index (χ3v) is 8.44. The Morgan fingerprint density at radius 1 is 0.756 bits per heavy atom. The summed E-state index contributed by atoms with van der Waals surface area (Å²) in [6.45, 7) is 9.58. The number of nitrogens with zero attached hydrogens (tertiary/aromatic N) is 1. The minimum atomic E-state index is -4.03. The highest BCUT2D eigenvalue weighted by atomic mass is 32.2. The van der Waals surface area contributed by atoms with E-state index in [0.29, 0.717) is 22.6 Å². The van der Waals surface area contributed by atoms with Crippen LogP contribution in [-0.4, -0.2) is 26.8 Å². The Labute approximate surface area is 242 Å². The van der Waals surface area contributed by atoms with Crippen LogP contribution in [0, 0.1) is 13.8 Å². The molecule has 0 aromatic heterocycles. The standard InChI is InChI=1S/C33H35N3O4S/c1-23-14-15-24(2)30(20-23)36(41(39,40)29-12-7-6-8-13-29)22-31(37)34-27-10-9-11-28(21-27)35-32(38)25-16-18-26(19-17-25)33(3,4)5/h6-21H,22H2,1-5H3,(H,34,37)(H,35,38). The third-order valence-electron chi connectivity index (χ3n) is 6.67. The number of anilines is 3. The summed E-state index contributed by atoms with van der Waals surface area (Å²) in [7, 11) is -4.03. The van der Waals surface area contributed by atoms with Gasteiger partial charge in [0.1, 0.15) is 6.54 Å². The summed E-state index contributed by atoms with van der Waals surface area (Å²) in [5.41, 5.74) is 4.58. The first-order valence-corrected chi connectivity index (χ1v) is 14.8. The molecule has 4 aromatic rings. The Morgan fingerprint density at radius 3 is 2.02 bits per heavy atom. The molecule has 41 heavy (non-hydrogen) atoms. The van der Waals surface area contributed by atoms with E-state index in [4.69, 9.17) is 0 Å². The van der Waals surface area contributed by atoms with E-state index < -0.39 is 22.5 Å². The van der Waals surface area contributed by atoms with Crippen LogP contribution in [0.3, 0.4) is 0 Å². The molecule has 0 aliphatic heterocycles. The lowest BCUT2D eigenvalue weighted by Crippen LogP contribution is -2.38. The van der Waals surface area contributed by atoms with Crippen LogP contribution in [0.4, 0.5) is 17.1 Å². The number of carbonyl (C=O) groups excluding carboxylic acids is 2. The fourth-order valence-electron chi connectivity index (χ4n) is 4.34. The van der Waals surface area contributed by atoms with Crippen molar-refractivity contribution in [3.63, 3.8) is 0 Å². The lowest BCUT2D eigenvalue weighted by atomic mass is 9.87. The summed E-state index contributed by atoms with van der Waals surface area (Å²) in [6, 6.07) is 27.7. The lowest BCUT2D eigenvalue weighted by Gasteiger charge is -2.26. The van der Waals surface area contributed by atoms with Crippen LogP contribution >= 0.6 is 0 Å². The van der Waals surface area contributed by atoms with Gasteiger partial charge < -0.3 is 10.6 Å². The van der Waals surface area contributed by atoms with E-state index in [9.17, 15) is 18.0 Å². The van der Waals surface area contributed by atoms with Crippen LogP contribution in [0.2, 0.25) is 0 Å². The Morgan fingerprint density at radius 2 is 1.39 bits per heavy atom. The molecule has 0 fully saturated rings. The van der Waals surface area contributed by atoms with Crippen molar-refractivity contribution in [3.8, 4) is 0 Å². The summed E-state index contributed by atoms with van der Waals surface area (Å²) in [6.07, 6.45) is 0. The Bertz CT molecular complexity index is 1660. The molecular formula is C33H35N3O4S. The molecular weight excluding hydrogens is 534 g/mol. The Balaban J connectivity index is 1.53. The van der Waals surface area contributed by atoms with E-state index >= 15 is 0 Å². The highest BCUT2D eigenvalue weighted by Gasteiger charge is 2.28. The van der Waals surface area contributed by atoms with Crippen LogP contribution in [0.1, 0.15) is 47.8 Å². The summed E-state index contributed by atoms with van der Waals surface area (Å²) in [4.78, 5) is 26.2. The van der Waals surface area contributed by atoms with Crippen molar-refractivity contribution < 1.29 is 18.0 Å². The topological polar surface area (TPSA) is 95.6 Å². The summed E-state index contributed by atoms with van der Waals surface area (Å²) in [5.74, 6) is -0.796. The number of nitrogens with one attached hydrogen (secondary N) is 2. The van der Waals surface area contributed by atoms with E-state index in [-0.39, 0.29) is 16.2 Å². The molecule has 0 aliphatic rings. The van der Waals surface area contributed by atoms with E-state index in [1.54, 1.807) is 60.7 Å². The normalized spacial score (nSPS) is 11.5. The van der Waals surface area contributed by atoms with Crippen molar-refractivity contribution in [2.75, 3.05) is 21.5 Å². The summed E-state index contributed by atoms with van der Waals surface area (Å²) < 4.78 is 28.5. The van der Waals surface area contributed by atoms with Gasteiger partial charge in [0.25, 0.3) is 15.9 Å². The number of aryl methyl sites for hydroxylation is 2. The number of benzene rings is 4. The monoisotopic (exact) mass is 569 g/mol. The lowest BCUT2D eigenvalue weighted by molar-refractivity contribution is -0.114. The van der Waals surface area contributed by atoms with Gasteiger partial charge in [0.15, 0.2) is 0 Å². The quantitative estimate of drug-likeness (QED) is 0.247. The SMILES string of the molecule is Cc1ccc(C)c(N(CC(=O)Nc2cccc(NC(=O)c3ccc(C(C)(C)C)cc3)c2)S(=O)(=O)c2ccccc2)c1. The van der Waals surface area contributed by atoms with Gasteiger partial charge in [-0.15, -0.1) is 0 Å². The van der Waals surface area contributed by atoms with Crippen LogP contribution in [-0.2, 0) is 20.2 Å². The molecule has 0 aliphatic carbocycles. The second kappa shape index (κ2) is 12.0. The second-order valence-electron chi connectivity index (χ2n) is 11.0. The first-order valence-electron chi connectivity index (χ1n) is 13.3. The van der Waals surface area contributed by atoms with Crippen LogP contribution in [0.25, 0.3) is 0 Å². The maximum Gasteiger partial charge on any atom is 0.264 e. The molecule has 212 valence electrons. The van der Waals surface area contributed by atoms with E-state index in [1.807, 2.05) is 38.1 Å². The molecule has 4 rings (SSSR count). The van der Waals surface area contributed by atoms with Gasteiger partial charge in [-0.1, -0.05) is 69.3 Å². The fourth-order valence-corrected chi connectivity index (χ4v) is 5.84. The van der Waals surface area contributed by atoms with Gasteiger partial charge in [-0.05, 0) is 84.5 Å². The van der Waals surface area contributed by atoms with Crippen molar-refractivity contribution in [1.82, 2.24) is 0 Å². The predicted molar refractivity (Wildman–Crippen MR) is 165 cm³/mol. The van der Waals surface area contributed by atoms with Crippen molar-refractivity contribution >= 4 is 38.9 Å². The molecule has 8 heteroatoms. The molecule has 2 N–H and O–H groups in total. The van der Waals surface area contributed by atoms with Gasteiger partial charge in [-0.3, -0.25) is 13.9 Å². The molecule has 0 atom stereocenters. The van der Waals surface area contributed by atoms with E-state index in [2.05, 4.69) is 31.4 Å². The zero-order valence-electron chi connectivity index (χ0n) is 23.9. The molecule has 0 saturated carbocycles. The Hall–Kier alpha value is -4.43. The average molecular weight is 570 g/mol. The molecule has 0 radical (unpaired) electrons. The smallest absolute Gasteiger partial charge is 0.264 e. The zero-order chi connectivity index (χ0) is 29.8. The van der Waals surface area contributed by atoms with Gasteiger partial charge in [-0.2, -0.15) is 0 Å². The molecule has 0 bridgehead atoms. The molecule has 0 saturated heterocycles. The van der Waals surface area contributed by atoms with Crippen molar-refractivity contribution in [1.29, 1.82) is 0 Å². The van der Waals surface area contributed by atoms with Crippen molar-refractivity contribution in [2.24, 2.45) is 0 Å². The average Bonchev–Trinajstić information content (AvgIpc) is 2.93. The van der Waals surface area contributed by atoms with Gasteiger partial charge >= 0.3 is 0 Å². The van der Waals surface area contributed by atoms with Crippen molar-refractivity contribution in [3.05, 3.63) is 119 Å². The number of hydrogen-bond acceptors (Lipinski definition) is 4. The number of sulfonamides is 1. The van der Waals surface area contributed by atoms with Gasteiger partial charge in [0, 0.05) is 16.9 Å². The van der Waals surface area contributed by atoms with Crippen LogP contribution < -0.4 is 14.9 Å². The van der Waals surface area contributed by atoms with Crippen LogP contribution in [0.15, 0.2) is 102 Å². The first-order chi connectivity index (χ1) is 19.3. The Kier molecular flexibility index (Phi) is 8.63. The maximum atomic E-state index is 13.7. The molecule has 0 spiro atoms. The van der Waals surface area contributed by atoms with Gasteiger partial charge in [0.2, 0.25) is 5.91 Å². The van der Waals surface area contributed by atoms with Crippen LogP contribution in [0.5, 0.6) is 0 Å². The third kappa shape index (κ3) is 7.21. The number of amides is 2. The number of hydrogen-bond donors (Lipinski definition) is 2. The first kappa shape index (κ1) is 29.6. The molecule has 7 nitrogen and oxygen atoms in total. The zero-order valence-corrected chi connectivity index (χ0v) is 24.7. The highest BCUT2D eigenvalue weighted by molar-refractivity contribution is 7.92. The largest absolute Gasteiger partial charge is 0.324 e. The molecule has 0 unspecified atom stereocenters. The second-order valence-corrected chi connectivity index (χ2v) is 12.9. The van der Waals surface area contributed by atoms with E-state index in [0.717, 1.165) is 21.0 Å². The van der Waals surface area contributed by atoms with Crippen molar-refractivity contribution in [2.45, 2.75) is 44.9 Å². The fraction of sp³-hybridized carbons (Fsp3) is 0.212. The van der Waals surface area contributed by atoms with E-state index in [1.165, 1.54) is 12.1 Å². The summed E-state index contributed by atoms with van der Waals surface area (Å²) >= 11 is 0. The van der Waals surface area contributed by atoms with Gasteiger partial charge in [-0.25, -0.2) is 8.42 Å². The molecule has 4 aromatic carbocycles. The minimum absolute atomic E-state index is 0.0183.